The van der Waals surface area contributed by atoms with Gasteiger partial charge in [-0.1, -0.05) is 42.0 Å². The third kappa shape index (κ3) is 5.53. The molecule has 0 spiro atoms. The van der Waals surface area contributed by atoms with Gasteiger partial charge in [-0.2, -0.15) is 5.10 Å². The molecule has 0 saturated carbocycles. The average molecular weight is 423 g/mol. The van der Waals surface area contributed by atoms with Gasteiger partial charge in [0, 0.05) is 4.47 Å². The van der Waals surface area contributed by atoms with Gasteiger partial charge >= 0.3 is 0 Å². The molecule has 136 valence electrons. The monoisotopic (exact) mass is 422 g/mol. The number of rotatable bonds is 6. The lowest BCUT2D eigenvalue weighted by Gasteiger charge is -2.07. The SMILES string of the molecule is Cc1ccc(COc2ccc(/C=N/NC(=O)c3ccccc3Br)cc2)cc1. The number of nitrogens with zero attached hydrogens (tertiary/aromatic N) is 1. The first-order chi connectivity index (χ1) is 13.1. The minimum absolute atomic E-state index is 0.267. The van der Waals surface area contributed by atoms with E-state index in [4.69, 9.17) is 4.74 Å². The van der Waals surface area contributed by atoms with E-state index >= 15 is 0 Å². The van der Waals surface area contributed by atoms with Crippen molar-refractivity contribution in [3.63, 3.8) is 0 Å². The minimum Gasteiger partial charge on any atom is -0.489 e. The molecule has 1 N–H and O–H groups in total. The number of nitrogens with one attached hydrogen (secondary N) is 1. The van der Waals surface area contributed by atoms with Crippen LogP contribution in [0.15, 0.2) is 82.4 Å². The van der Waals surface area contributed by atoms with E-state index in [1.165, 1.54) is 5.56 Å². The molecule has 0 atom stereocenters. The summed E-state index contributed by atoms with van der Waals surface area (Å²) in [4.78, 5) is 12.1. The van der Waals surface area contributed by atoms with Gasteiger partial charge in [-0.25, -0.2) is 5.43 Å². The summed E-state index contributed by atoms with van der Waals surface area (Å²) >= 11 is 3.35. The van der Waals surface area contributed by atoms with E-state index in [9.17, 15) is 4.79 Å². The number of hydrazone groups is 1. The third-order valence-corrected chi connectivity index (χ3v) is 4.60. The second-order valence-corrected chi connectivity index (χ2v) is 6.88. The van der Waals surface area contributed by atoms with Crippen LogP contribution in [0.25, 0.3) is 0 Å². The summed E-state index contributed by atoms with van der Waals surface area (Å²) in [6.07, 6.45) is 1.60. The van der Waals surface area contributed by atoms with Gasteiger partial charge in [-0.05, 0) is 70.4 Å². The summed E-state index contributed by atoms with van der Waals surface area (Å²) in [6.45, 7) is 2.59. The Labute approximate surface area is 167 Å². The molecule has 0 saturated heterocycles. The number of hydrogen-bond acceptors (Lipinski definition) is 3. The van der Waals surface area contributed by atoms with Crippen LogP contribution >= 0.6 is 15.9 Å². The van der Waals surface area contributed by atoms with Gasteiger partial charge in [0.15, 0.2) is 0 Å². The smallest absolute Gasteiger partial charge is 0.272 e. The predicted octanol–water partition coefficient (Wildman–Crippen LogP) is 5.10. The highest BCUT2D eigenvalue weighted by atomic mass is 79.9. The Morgan fingerprint density at radius 3 is 2.44 bits per heavy atom. The molecule has 3 aromatic carbocycles. The topological polar surface area (TPSA) is 50.7 Å². The number of halogens is 1. The summed E-state index contributed by atoms with van der Waals surface area (Å²) in [7, 11) is 0. The van der Waals surface area contributed by atoms with E-state index in [-0.39, 0.29) is 5.91 Å². The van der Waals surface area contributed by atoms with Crippen LogP contribution in [0.3, 0.4) is 0 Å². The molecule has 27 heavy (non-hydrogen) atoms. The molecule has 5 heteroatoms. The first kappa shape index (κ1) is 18.9. The maximum atomic E-state index is 12.1. The van der Waals surface area contributed by atoms with Gasteiger partial charge in [-0.15, -0.1) is 0 Å². The Hall–Kier alpha value is -2.92. The van der Waals surface area contributed by atoms with E-state index in [0.29, 0.717) is 12.2 Å². The summed E-state index contributed by atoms with van der Waals surface area (Å²) in [5.74, 6) is 0.516. The maximum Gasteiger partial charge on any atom is 0.272 e. The van der Waals surface area contributed by atoms with Crippen molar-refractivity contribution in [3.8, 4) is 5.75 Å². The van der Waals surface area contributed by atoms with Crippen LogP contribution in [0.1, 0.15) is 27.0 Å². The number of aryl methyl sites for hydroxylation is 1. The highest BCUT2D eigenvalue weighted by Gasteiger charge is 2.07. The number of carbonyl (C=O) groups is 1. The van der Waals surface area contributed by atoms with Gasteiger partial charge in [0.25, 0.3) is 5.91 Å². The van der Waals surface area contributed by atoms with Crippen molar-refractivity contribution in [1.29, 1.82) is 0 Å². The van der Waals surface area contributed by atoms with Crippen LogP contribution in [-0.2, 0) is 6.61 Å². The summed E-state index contributed by atoms with van der Waals surface area (Å²) in [6, 6.07) is 23.0. The fourth-order valence-electron chi connectivity index (χ4n) is 2.37. The van der Waals surface area contributed by atoms with E-state index in [1.807, 2.05) is 36.4 Å². The van der Waals surface area contributed by atoms with Gasteiger partial charge in [0.05, 0.1) is 11.8 Å². The minimum atomic E-state index is -0.267. The highest BCUT2D eigenvalue weighted by Crippen LogP contribution is 2.16. The zero-order chi connectivity index (χ0) is 19.1. The van der Waals surface area contributed by atoms with Crippen molar-refractivity contribution >= 4 is 28.1 Å². The molecule has 0 radical (unpaired) electrons. The summed E-state index contributed by atoms with van der Waals surface area (Å²) < 4.78 is 6.51. The molecule has 0 aliphatic rings. The zero-order valence-electron chi connectivity index (χ0n) is 14.9. The Morgan fingerprint density at radius 1 is 1.04 bits per heavy atom. The first-order valence-electron chi connectivity index (χ1n) is 8.48. The van der Waals surface area contributed by atoms with Gasteiger partial charge in [-0.3, -0.25) is 4.79 Å². The van der Waals surface area contributed by atoms with Crippen molar-refractivity contribution in [2.24, 2.45) is 5.10 Å². The standard InChI is InChI=1S/C22H19BrN2O2/c1-16-6-8-18(9-7-16)15-27-19-12-10-17(11-13-19)14-24-25-22(26)20-4-2-3-5-21(20)23/h2-14H,15H2,1H3,(H,25,26)/b24-14+. The summed E-state index contributed by atoms with van der Waals surface area (Å²) in [5, 5.41) is 4.00. The van der Waals surface area contributed by atoms with E-state index < -0.39 is 0 Å². The second-order valence-electron chi connectivity index (χ2n) is 6.02. The number of ether oxygens (including phenoxy) is 1. The molecule has 0 bridgehead atoms. The molecule has 1 amide bonds. The van der Waals surface area contributed by atoms with Crippen molar-refractivity contribution < 1.29 is 9.53 Å². The zero-order valence-corrected chi connectivity index (χ0v) is 16.4. The number of benzene rings is 3. The van der Waals surface area contributed by atoms with Crippen LogP contribution in [-0.4, -0.2) is 12.1 Å². The van der Waals surface area contributed by atoms with Crippen molar-refractivity contribution in [2.45, 2.75) is 13.5 Å². The van der Waals surface area contributed by atoms with Gasteiger partial charge < -0.3 is 4.74 Å². The fourth-order valence-corrected chi connectivity index (χ4v) is 2.84. The second kappa shape index (κ2) is 9.14. The van der Waals surface area contributed by atoms with Crippen molar-refractivity contribution in [1.82, 2.24) is 5.43 Å². The molecule has 0 unspecified atom stereocenters. The number of hydrogen-bond donors (Lipinski definition) is 1. The van der Waals surface area contributed by atoms with Crippen LogP contribution in [0.5, 0.6) is 5.75 Å². The molecular formula is C22H19BrN2O2. The Bertz CT molecular complexity index is 935. The Balaban J connectivity index is 1.52. The maximum absolute atomic E-state index is 12.1. The van der Waals surface area contributed by atoms with E-state index in [2.05, 4.69) is 57.6 Å². The van der Waals surface area contributed by atoms with Crippen LogP contribution in [0.2, 0.25) is 0 Å². The molecule has 0 aromatic heterocycles. The Kier molecular flexibility index (Phi) is 6.39. The molecular weight excluding hydrogens is 404 g/mol. The average Bonchev–Trinajstić information content (AvgIpc) is 2.69. The molecule has 0 heterocycles. The first-order valence-corrected chi connectivity index (χ1v) is 9.27. The third-order valence-electron chi connectivity index (χ3n) is 3.90. The Morgan fingerprint density at radius 2 is 1.74 bits per heavy atom. The normalized spacial score (nSPS) is 10.7. The number of carbonyl (C=O) groups excluding carboxylic acids is 1. The van der Waals surface area contributed by atoms with Crippen molar-refractivity contribution in [3.05, 3.63) is 99.5 Å². The largest absolute Gasteiger partial charge is 0.489 e. The van der Waals surface area contributed by atoms with E-state index in [0.717, 1.165) is 21.3 Å². The molecule has 4 nitrogen and oxygen atoms in total. The van der Waals surface area contributed by atoms with E-state index in [1.54, 1.807) is 18.3 Å². The van der Waals surface area contributed by atoms with Crippen molar-refractivity contribution in [2.75, 3.05) is 0 Å². The molecule has 3 aromatic rings. The lowest BCUT2D eigenvalue weighted by Crippen LogP contribution is -2.18. The van der Waals surface area contributed by atoms with Gasteiger partial charge in [0.1, 0.15) is 12.4 Å². The lowest BCUT2D eigenvalue weighted by molar-refractivity contribution is 0.0954. The van der Waals surface area contributed by atoms with Gasteiger partial charge in [0.2, 0.25) is 0 Å². The molecule has 3 rings (SSSR count). The fraction of sp³-hybridized carbons (Fsp3) is 0.0909. The van der Waals surface area contributed by atoms with Crippen LogP contribution in [0, 0.1) is 6.92 Å². The van der Waals surface area contributed by atoms with Crippen LogP contribution < -0.4 is 10.2 Å². The molecule has 0 aliphatic heterocycles. The van der Waals surface area contributed by atoms with Crippen LogP contribution in [0.4, 0.5) is 0 Å². The lowest BCUT2D eigenvalue weighted by atomic mass is 10.2. The predicted molar refractivity (Wildman–Crippen MR) is 111 cm³/mol. The number of amides is 1. The molecule has 0 aliphatic carbocycles. The quantitative estimate of drug-likeness (QED) is 0.443. The highest BCUT2D eigenvalue weighted by molar-refractivity contribution is 9.10. The summed E-state index contributed by atoms with van der Waals surface area (Å²) in [5.41, 5.74) is 6.28. The molecule has 0 fully saturated rings.